The third-order valence-electron chi connectivity index (χ3n) is 4.48. The molecule has 130 valence electrons. The molecule has 1 atom stereocenters. The number of guanidine groups is 1. The molecule has 0 saturated heterocycles. The first kappa shape index (κ1) is 17.1. The lowest BCUT2D eigenvalue weighted by Crippen LogP contribution is -2.38. The van der Waals surface area contributed by atoms with Crippen LogP contribution in [0.2, 0.25) is 0 Å². The van der Waals surface area contributed by atoms with Crippen LogP contribution in [0.3, 0.4) is 0 Å². The van der Waals surface area contributed by atoms with Gasteiger partial charge in [0.05, 0.1) is 6.54 Å². The van der Waals surface area contributed by atoms with Gasteiger partial charge >= 0.3 is 0 Å². The lowest BCUT2D eigenvalue weighted by Gasteiger charge is -2.16. The van der Waals surface area contributed by atoms with Crippen molar-refractivity contribution in [2.75, 3.05) is 13.6 Å². The lowest BCUT2D eigenvalue weighted by atomic mass is 10.0. The van der Waals surface area contributed by atoms with Gasteiger partial charge in [-0.25, -0.2) is 0 Å². The van der Waals surface area contributed by atoms with E-state index >= 15 is 0 Å². The fourth-order valence-corrected chi connectivity index (χ4v) is 2.89. The minimum atomic E-state index is 0.423. The molecule has 0 aliphatic heterocycles. The molecule has 0 amide bonds. The minimum Gasteiger partial charge on any atom is -0.357 e. The third kappa shape index (κ3) is 4.41. The molecule has 3 aromatic rings. The second kappa shape index (κ2) is 7.88. The van der Waals surface area contributed by atoms with Crippen LogP contribution in [-0.2, 0) is 6.54 Å². The molecule has 3 rings (SSSR count). The topological polar surface area (TPSA) is 52.2 Å². The molecule has 2 aromatic carbocycles. The molecular formula is C21H26N4. The number of nitrogens with zero attached hydrogens (tertiary/aromatic N) is 1. The standard InChI is InChI=1S/C21H26N4/c1-15-8-10-17(11-9-15)16(2)13-23-21(22-3)24-14-19-12-18-6-4-5-7-20(18)25-19/h4-12,16,25H,13-14H2,1-3H3,(H2,22,23,24). The molecule has 1 unspecified atom stereocenters. The monoisotopic (exact) mass is 334 g/mol. The van der Waals surface area contributed by atoms with E-state index in [4.69, 9.17) is 0 Å². The van der Waals surface area contributed by atoms with E-state index in [0.29, 0.717) is 12.5 Å². The lowest BCUT2D eigenvalue weighted by molar-refractivity contribution is 0.697. The van der Waals surface area contributed by atoms with Crippen molar-refractivity contribution in [3.8, 4) is 0 Å². The maximum atomic E-state index is 4.32. The Labute approximate surface area is 149 Å². The fraction of sp³-hybridized carbons (Fsp3) is 0.286. The first-order valence-electron chi connectivity index (χ1n) is 8.73. The van der Waals surface area contributed by atoms with Gasteiger partial charge in [0.2, 0.25) is 0 Å². The maximum Gasteiger partial charge on any atom is 0.191 e. The molecule has 25 heavy (non-hydrogen) atoms. The van der Waals surface area contributed by atoms with Gasteiger partial charge in [0.1, 0.15) is 0 Å². The SMILES string of the molecule is CN=C(NCc1cc2ccccc2[nH]1)NCC(C)c1ccc(C)cc1. The molecule has 1 heterocycles. The molecule has 0 saturated carbocycles. The molecule has 0 spiro atoms. The molecular weight excluding hydrogens is 308 g/mol. The van der Waals surface area contributed by atoms with Crippen LogP contribution < -0.4 is 10.6 Å². The Morgan fingerprint density at radius 3 is 2.56 bits per heavy atom. The molecule has 4 heteroatoms. The average Bonchev–Trinajstić information content (AvgIpc) is 3.05. The van der Waals surface area contributed by atoms with E-state index in [1.165, 1.54) is 16.5 Å². The Kier molecular flexibility index (Phi) is 5.39. The van der Waals surface area contributed by atoms with Gasteiger partial charge in [0.15, 0.2) is 5.96 Å². The quantitative estimate of drug-likeness (QED) is 0.489. The van der Waals surface area contributed by atoms with E-state index in [0.717, 1.165) is 23.7 Å². The van der Waals surface area contributed by atoms with Gasteiger partial charge in [-0.1, -0.05) is 55.0 Å². The Morgan fingerprint density at radius 2 is 1.84 bits per heavy atom. The van der Waals surface area contributed by atoms with E-state index in [1.807, 2.05) is 6.07 Å². The summed E-state index contributed by atoms with van der Waals surface area (Å²) in [6.45, 7) is 5.90. The molecule has 0 fully saturated rings. The van der Waals surface area contributed by atoms with Crippen molar-refractivity contribution in [3.63, 3.8) is 0 Å². The molecule has 0 bridgehead atoms. The van der Waals surface area contributed by atoms with Gasteiger partial charge in [-0.3, -0.25) is 4.99 Å². The number of hydrogen-bond acceptors (Lipinski definition) is 1. The number of nitrogens with one attached hydrogen (secondary N) is 3. The van der Waals surface area contributed by atoms with Crippen LogP contribution in [-0.4, -0.2) is 24.5 Å². The number of rotatable bonds is 5. The normalized spacial score (nSPS) is 13.0. The summed E-state index contributed by atoms with van der Waals surface area (Å²) in [7, 11) is 1.80. The Hall–Kier alpha value is -2.75. The zero-order valence-electron chi connectivity index (χ0n) is 15.1. The Balaban J connectivity index is 1.53. The summed E-state index contributed by atoms with van der Waals surface area (Å²) in [5.74, 6) is 1.24. The first-order chi connectivity index (χ1) is 12.2. The number of aliphatic imine (C=N–C) groups is 1. The van der Waals surface area contributed by atoms with E-state index in [1.54, 1.807) is 7.05 Å². The number of para-hydroxylation sites is 1. The summed E-state index contributed by atoms with van der Waals surface area (Å²) in [4.78, 5) is 7.74. The van der Waals surface area contributed by atoms with Gasteiger partial charge < -0.3 is 15.6 Å². The highest BCUT2D eigenvalue weighted by atomic mass is 15.2. The van der Waals surface area contributed by atoms with Crippen LogP contribution in [0.5, 0.6) is 0 Å². The highest BCUT2D eigenvalue weighted by molar-refractivity contribution is 5.81. The van der Waals surface area contributed by atoms with Crippen LogP contribution >= 0.6 is 0 Å². The van der Waals surface area contributed by atoms with Crippen LogP contribution in [0.15, 0.2) is 59.6 Å². The summed E-state index contributed by atoms with van der Waals surface area (Å²) in [5, 5.41) is 8.01. The Bertz CT molecular complexity index is 813. The van der Waals surface area contributed by atoms with Crippen molar-refractivity contribution in [3.05, 3.63) is 71.4 Å². The van der Waals surface area contributed by atoms with Crippen molar-refractivity contribution in [2.24, 2.45) is 4.99 Å². The van der Waals surface area contributed by atoms with Crippen LogP contribution in [0.4, 0.5) is 0 Å². The third-order valence-corrected chi connectivity index (χ3v) is 4.48. The summed E-state index contributed by atoms with van der Waals surface area (Å²) in [6.07, 6.45) is 0. The second-order valence-corrected chi connectivity index (χ2v) is 6.50. The molecule has 1 aromatic heterocycles. The van der Waals surface area contributed by atoms with Crippen LogP contribution in [0.25, 0.3) is 10.9 Å². The van der Waals surface area contributed by atoms with Gasteiger partial charge in [-0.05, 0) is 35.9 Å². The zero-order chi connectivity index (χ0) is 17.6. The minimum absolute atomic E-state index is 0.423. The van der Waals surface area contributed by atoms with Crippen molar-refractivity contribution in [1.29, 1.82) is 0 Å². The van der Waals surface area contributed by atoms with Crippen LogP contribution in [0.1, 0.15) is 29.7 Å². The van der Waals surface area contributed by atoms with Crippen molar-refractivity contribution >= 4 is 16.9 Å². The van der Waals surface area contributed by atoms with Crippen molar-refractivity contribution in [2.45, 2.75) is 26.3 Å². The van der Waals surface area contributed by atoms with E-state index in [2.05, 4.69) is 83.0 Å². The smallest absolute Gasteiger partial charge is 0.191 e. The summed E-state index contributed by atoms with van der Waals surface area (Å²) >= 11 is 0. The van der Waals surface area contributed by atoms with Crippen LogP contribution in [0, 0.1) is 6.92 Å². The highest BCUT2D eigenvalue weighted by Crippen LogP contribution is 2.15. The van der Waals surface area contributed by atoms with Gasteiger partial charge in [0, 0.05) is 24.8 Å². The largest absolute Gasteiger partial charge is 0.357 e. The number of aromatic amines is 1. The number of aryl methyl sites for hydroxylation is 1. The number of H-pyrrole nitrogens is 1. The summed E-state index contributed by atoms with van der Waals surface area (Å²) in [5.41, 5.74) is 4.94. The highest BCUT2D eigenvalue weighted by Gasteiger charge is 2.07. The number of fused-ring (bicyclic) bond motifs is 1. The number of benzene rings is 2. The molecule has 0 aliphatic rings. The second-order valence-electron chi connectivity index (χ2n) is 6.50. The molecule has 0 aliphatic carbocycles. The zero-order valence-corrected chi connectivity index (χ0v) is 15.1. The molecule has 0 radical (unpaired) electrons. The number of hydrogen-bond donors (Lipinski definition) is 3. The predicted octanol–water partition coefficient (Wildman–Crippen LogP) is 3.95. The van der Waals surface area contributed by atoms with E-state index in [9.17, 15) is 0 Å². The molecule has 4 nitrogen and oxygen atoms in total. The predicted molar refractivity (Wildman–Crippen MR) is 106 cm³/mol. The summed E-state index contributed by atoms with van der Waals surface area (Å²) in [6, 6.07) is 19.2. The van der Waals surface area contributed by atoms with Crippen molar-refractivity contribution < 1.29 is 0 Å². The van der Waals surface area contributed by atoms with Gasteiger partial charge in [-0.15, -0.1) is 0 Å². The van der Waals surface area contributed by atoms with E-state index < -0.39 is 0 Å². The summed E-state index contributed by atoms with van der Waals surface area (Å²) < 4.78 is 0. The number of aromatic nitrogens is 1. The average molecular weight is 334 g/mol. The fourth-order valence-electron chi connectivity index (χ4n) is 2.89. The van der Waals surface area contributed by atoms with Crippen molar-refractivity contribution in [1.82, 2.24) is 15.6 Å². The van der Waals surface area contributed by atoms with Gasteiger partial charge in [0.25, 0.3) is 0 Å². The maximum absolute atomic E-state index is 4.32. The molecule has 3 N–H and O–H groups in total. The Morgan fingerprint density at radius 1 is 1.08 bits per heavy atom. The van der Waals surface area contributed by atoms with Gasteiger partial charge in [-0.2, -0.15) is 0 Å². The first-order valence-corrected chi connectivity index (χ1v) is 8.73. The van der Waals surface area contributed by atoms with E-state index in [-0.39, 0.29) is 0 Å².